The molecule has 0 radical (unpaired) electrons. The highest BCUT2D eigenvalue weighted by atomic mass is 32.2. The van der Waals surface area contributed by atoms with Gasteiger partial charge in [-0.25, -0.2) is 0 Å². The summed E-state index contributed by atoms with van der Waals surface area (Å²) in [6, 6.07) is 11.7. The van der Waals surface area contributed by atoms with Crippen molar-refractivity contribution in [1.82, 2.24) is 24.8 Å². The Balaban J connectivity index is 1.49. The number of nitrogens with one attached hydrogen (secondary N) is 1. The summed E-state index contributed by atoms with van der Waals surface area (Å²) in [5.41, 5.74) is 1.000. The van der Waals surface area contributed by atoms with Crippen molar-refractivity contribution in [1.29, 1.82) is 0 Å². The largest absolute Gasteiger partial charge is 0.360 e. The van der Waals surface area contributed by atoms with Crippen LogP contribution in [-0.4, -0.2) is 49.6 Å². The molecule has 1 N–H and O–H groups in total. The van der Waals surface area contributed by atoms with Crippen LogP contribution in [0.4, 0.5) is 5.82 Å². The Morgan fingerprint density at radius 2 is 1.97 bits per heavy atom. The Morgan fingerprint density at radius 1 is 1.17 bits per heavy atom. The predicted octanol–water partition coefficient (Wildman–Crippen LogP) is 3.28. The predicted molar refractivity (Wildman–Crippen MR) is 111 cm³/mol. The number of piperidine rings is 1. The van der Waals surface area contributed by atoms with Gasteiger partial charge in [0.05, 0.1) is 12.3 Å². The van der Waals surface area contributed by atoms with Gasteiger partial charge in [-0.1, -0.05) is 41.5 Å². The molecule has 2 aromatic heterocycles. The van der Waals surface area contributed by atoms with Gasteiger partial charge in [0.25, 0.3) is 0 Å². The minimum absolute atomic E-state index is 0.163. The Bertz CT molecular complexity index is 949. The van der Waals surface area contributed by atoms with E-state index in [9.17, 15) is 4.79 Å². The average molecular weight is 413 g/mol. The van der Waals surface area contributed by atoms with E-state index >= 15 is 0 Å². The summed E-state index contributed by atoms with van der Waals surface area (Å²) in [5, 5.41) is 16.0. The van der Waals surface area contributed by atoms with E-state index in [0.717, 1.165) is 31.1 Å². The molecule has 1 aliphatic rings. The maximum absolute atomic E-state index is 12.3. The Kier molecular flexibility index (Phi) is 6.26. The zero-order valence-electron chi connectivity index (χ0n) is 16.4. The summed E-state index contributed by atoms with van der Waals surface area (Å²) >= 11 is 1.36. The second-order valence-corrected chi connectivity index (χ2v) is 8.01. The monoisotopic (exact) mass is 412 g/mol. The zero-order valence-corrected chi connectivity index (χ0v) is 17.2. The third kappa shape index (κ3) is 5.04. The highest BCUT2D eigenvalue weighted by Gasteiger charge is 2.19. The topological polar surface area (TPSA) is 89.1 Å². The first-order chi connectivity index (χ1) is 14.2. The lowest BCUT2D eigenvalue weighted by Crippen LogP contribution is -2.30. The molecule has 8 nitrogen and oxygen atoms in total. The van der Waals surface area contributed by atoms with E-state index < -0.39 is 0 Å². The number of carbonyl (C=O) groups excluding carboxylic acids is 1. The third-order valence-electron chi connectivity index (χ3n) is 4.76. The lowest BCUT2D eigenvalue weighted by molar-refractivity contribution is -0.113. The van der Waals surface area contributed by atoms with Gasteiger partial charge in [-0.2, -0.15) is 0 Å². The molecular weight excluding hydrogens is 388 g/mol. The summed E-state index contributed by atoms with van der Waals surface area (Å²) in [6.45, 7) is 4.71. The Hall–Kier alpha value is -2.65. The molecule has 0 spiro atoms. The van der Waals surface area contributed by atoms with E-state index in [1.165, 1.54) is 31.0 Å². The van der Waals surface area contributed by atoms with Gasteiger partial charge < -0.3 is 9.84 Å². The van der Waals surface area contributed by atoms with E-state index in [0.29, 0.717) is 16.7 Å². The number of thioether (sulfide) groups is 1. The van der Waals surface area contributed by atoms with Crippen LogP contribution in [0, 0.1) is 6.92 Å². The minimum atomic E-state index is -0.163. The molecule has 0 unspecified atom stereocenters. The van der Waals surface area contributed by atoms with Crippen LogP contribution in [0.15, 0.2) is 46.1 Å². The molecule has 29 heavy (non-hydrogen) atoms. The molecule has 1 saturated heterocycles. The molecule has 1 amide bonds. The van der Waals surface area contributed by atoms with Crippen LogP contribution in [0.1, 0.15) is 30.8 Å². The summed E-state index contributed by atoms with van der Waals surface area (Å²) in [6.07, 6.45) is 3.74. The summed E-state index contributed by atoms with van der Waals surface area (Å²) in [5.74, 6) is 2.01. The van der Waals surface area contributed by atoms with Crippen molar-refractivity contribution in [2.75, 3.05) is 24.2 Å². The van der Waals surface area contributed by atoms with Crippen LogP contribution < -0.4 is 5.32 Å². The first-order valence-corrected chi connectivity index (χ1v) is 10.8. The summed E-state index contributed by atoms with van der Waals surface area (Å²) < 4.78 is 7.03. The Labute approximate surface area is 173 Å². The number of nitrogens with zero attached hydrogens (tertiary/aromatic N) is 5. The van der Waals surface area contributed by atoms with E-state index in [-0.39, 0.29) is 11.7 Å². The maximum Gasteiger partial charge on any atom is 0.236 e. The molecule has 0 atom stereocenters. The normalized spacial score (nSPS) is 14.8. The van der Waals surface area contributed by atoms with Gasteiger partial charge in [0.1, 0.15) is 5.76 Å². The molecule has 0 saturated carbocycles. The zero-order chi connectivity index (χ0) is 20.1. The molecule has 152 valence electrons. The average Bonchev–Trinajstić information content (AvgIpc) is 3.33. The van der Waals surface area contributed by atoms with Gasteiger partial charge in [0.2, 0.25) is 5.91 Å². The fourth-order valence-electron chi connectivity index (χ4n) is 3.38. The molecule has 1 aromatic carbocycles. The maximum atomic E-state index is 12.3. The van der Waals surface area contributed by atoms with Crippen molar-refractivity contribution >= 4 is 23.5 Å². The number of aromatic nitrogens is 4. The van der Waals surface area contributed by atoms with E-state index in [2.05, 4.69) is 25.6 Å². The lowest BCUT2D eigenvalue weighted by Gasteiger charge is -2.26. The Morgan fingerprint density at radius 3 is 2.69 bits per heavy atom. The van der Waals surface area contributed by atoms with Gasteiger partial charge >= 0.3 is 0 Å². The van der Waals surface area contributed by atoms with Gasteiger partial charge in [0.15, 0.2) is 16.8 Å². The number of carbonyl (C=O) groups is 1. The fraction of sp³-hybridized carbons (Fsp3) is 0.400. The van der Waals surface area contributed by atoms with Crippen molar-refractivity contribution < 1.29 is 9.32 Å². The van der Waals surface area contributed by atoms with E-state index in [1.54, 1.807) is 13.0 Å². The number of benzene rings is 1. The number of hydrogen-bond donors (Lipinski definition) is 1. The van der Waals surface area contributed by atoms with Crippen LogP contribution in [0.3, 0.4) is 0 Å². The minimum Gasteiger partial charge on any atom is -0.360 e. The smallest absolute Gasteiger partial charge is 0.236 e. The lowest BCUT2D eigenvalue weighted by atomic mass is 10.1. The molecule has 0 aliphatic carbocycles. The van der Waals surface area contributed by atoms with Crippen molar-refractivity contribution in [3.63, 3.8) is 0 Å². The second-order valence-electron chi connectivity index (χ2n) is 7.07. The molecule has 0 bridgehead atoms. The molecule has 1 aliphatic heterocycles. The fourth-order valence-corrected chi connectivity index (χ4v) is 4.16. The summed E-state index contributed by atoms with van der Waals surface area (Å²) in [7, 11) is 0. The summed E-state index contributed by atoms with van der Waals surface area (Å²) in [4.78, 5) is 14.7. The number of rotatable bonds is 7. The molecular formula is C20H24N6O2S. The number of likely N-dealkylation sites (tertiary alicyclic amines) is 1. The van der Waals surface area contributed by atoms with Crippen LogP contribution in [0.2, 0.25) is 0 Å². The van der Waals surface area contributed by atoms with Gasteiger partial charge in [-0.3, -0.25) is 14.3 Å². The van der Waals surface area contributed by atoms with Crippen LogP contribution >= 0.6 is 11.8 Å². The van der Waals surface area contributed by atoms with Gasteiger partial charge in [-0.05, 0) is 45.0 Å². The first kappa shape index (κ1) is 19.7. The van der Waals surface area contributed by atoms with Gasteiger partial charge in [-0.15, -0.1) is 10.2 Å². The standard InChI is InChI=1S/C20H24N6O2S/c1-15-12-17(24-28-15)21-19(27)14-29-20-23-22-18(13-25-10-6-3-7-11-25)26(20)16-8-4-2-5-9-16/h2,4-5,8-9,12H,3,6-7,10-11,13-14H2,1H3,(H,21,24,27). The van der Waals surface area contributed by atoms with Crippen molar-refractivity contribution in [2.45, 2.75) is 37.9 Å². The quantitative estimate of drug-likeness (QED) is 0.596. The van der Waals surface area contributed by atoms with Crippen molar-refractivity contribution in [3.8, 4) is 5.69 Å². The molecule has 9 heteroatoms. The number of hydrogen-bond acceptors (Lipinski definition) is 7. The molecule has 3 aromatic rings. The highest BCUT2D eigenvalue weighted by Crippen LogP contribution is 2.24. The number of anilines is 1. The molecule has 1 fully saturated rings. The molecule has 4 rings (SSSR count). The van der Waals surface area contributed by atoms with Crippen LogP contribution in [0.5, 0.6) is 0 Å². The van der Waals surface area contributed by atoms with E-state index in [4.69, 9.17) is 4.52 Å². The number of amides is 1. The van der Waals surface area contributed by atoms with Crippen molar-refractivity contribution in [3.05, 3.63) is 48.0 Å². The number of aryl methyl sites for hydroxylation is 1. The number of para-hydroxylation sites is 1. The van der Waals surface area contributed by atoms with Crippen molar-refractivity contribution in [2.24, 2.45) is 0 Å². The first-order valence-electron chi connectivity index (χ1n) is 9.77. The van der Waals surface area contributed by atoms with Gasteiger partial charge in [0, 0.05) is 11.8 Å². The van der Waals surface area contributed by atoms with Crippen LogP contribution in [0.25, 0.3) is 5.69 Å². The molecule has 3 heterocycles. The third-order valence-corrected chi connectivity index (χ3v) is 5.69. The second kappa shape index (κ2) is 9.23. The SMILES string of the molecule is Cc1cc(NC(=O)CSc2nnc(CN3CCCCC3)n2-c2ccccc2)no1. The van der Waals surface area contributed by atoms with Crippen LogP contribution in [-0.2, 0) is 11.3 Å². The van der Waals surface area contributed by atoms with E-state index in [1.807, 2.05) is 34.9 Å². The highest BCUT2D eigenvalue weighted by molar-refractivity contribution is 7.99.